The number of nitrogens with one attached hydrogen (secondary N) is 1. The van der Waals surface area contributed by atoms with Gasteiger partial charge < -0.3 is 19.1 Å². The van der Waals surface area contributed by atoms with E-state index in [4.69, 9.17) is 14.2 Å². The molecule has 13 heteroatoms. The van der Waals surface area contributed by atoms with E-state index in [9.17, 15) is 31.0 Å². The van der Waals surface area contributed by atoms with Crippen molar-refractivity contribution in [2.24, 2.45) is 23.2 Å². The second-order valence-electron chi connectivity index (χ2n) is 14.9. The fourth-order valence-corrected chi connectivity index (χ4v) is 10.6. The second kappa shape index (κ2) is 15.7. The Bertz CT molecular complexity index is 1540. The molecule has 0 bridgehead atoms. The molecule has 4 aliphatic rings. The zero-order valence-electron chi connectivity index (χ0n) is 29.3. The van der Waals surface area contributed by atoms with Crippen molar-refractivity contribution in [3.63, 3.8) is 0 Å². The highest BCUT2D eigenvalue weighted by Crippen LogP contribution is 2.63. The topological polar surface area (TPSA) is 77.1 Å². The number of carbonyl (C=O) groups is 1. The van der Waals surface area contributed by atoms with Gasteiger partial charge in [-0.25, -0.2) is 4.79 Å². The summed E-state index contributed by atoms with van der Waals surface area (Å²) in [7, 11) is 0.304. The minimum atomic E-state index is -5.59. The van der Waals surface area contributed by atoms with Gasteiger partial charge in [-0.2, -0.15) is 22.0 Å². The molecule has 0 spiro atoms. The zero-order chi connectivity index (χ0) is 36.4. The van der Waals surface area contributed by atoms with Crippen LogP contribution in [-0.4, -0.2) is 73.4 Å². The minimum absolute atomic E-state index is 0.0553. The van der Waals surface area contributed by atoms with Gasteiger partial charge in [0, 0.05) is 60.3 Å². The third-order valence-corrected chi connectivity index (χ3v) is 13.5. The second-order valence-corrected chi connectivity index (χ2v) is 16.6. The number of amides is 1. The number of morpholine rings is 1. The molecule has 3 aliphatic carbocycles. The van der Waals surface area contributed by atoms with Crippen LogP contribution in [0.3, 0.4) is 0 Å². The molecule has 7 atom stereocenters. The van der Waals surface area contributed by atoms with Gasteiger partial charge in [-0.05, 0) is 128 Å². The van der Waals surface area contributed by atoms with Crippen LogP contribution in [0, 0.1) is 23.2 Å². The minimum Gasteiger partial charge on any atom is -0.410 e. The third kappa shape index (κ3) is 8.40. The predicted molar refractivity (Wildman–Crippen MR) is 187 cm³/mol. The highest BCUT2D eigenvalue weighted by Gasteiger charge is 2.58. The number of halogens is 5. The lowest BCUT2D eigenvalue weighted by molar-refractivity contribution is -0.284. The van der Waals surface area contributed by atoms with Crippen molar-refractivity contribution in [3.8, 4) is 5.75 Å². The van der Waals surface area contributed by atoms with Crippen LogP contribution in [0.4, 0.5) is 38.1 Å². The van der Waals surface area contributed by atoms with E-state index in [1.807, 2.05) is 36.4 Å². The van der Waals surface area contributed by atoms with E-state index in [0.717, 1.165) is 62.9 Å². The van der Waals surface area contributed by atoms with Crippen LogP contribution >= 0.6 is 0 Å². The molecule has 1 amide bonds. The molecule has 0 aromatic heterocycles. The van der Waals surface area contributed by atoms with Gasteiger partial charge in [0.1, 0.15) is 5.75 Å². The van der Waals surface area contributed by atoms with Crippen LogP contribution in [0.25, 0.3) is 0 Å². The fourth-order valence-electron chi connectivity index (χ4n) is 9.48. The molecule has 282 valence electrons. The lowest BCUT2D eigenvalue weighted by Gasteiger charge is -2.53. The Labute approximate surface area is 299 Å². The monoisotopic (exact) mass is 740 g/mol. The van der Waals surface area contributed by atoms with Gasteiger partial charge in [-0.3, -0.25) is 9.53 Å². The Hall–Kier alpha value is -2.77. The Kier molecular flexibility index (Phi) is 11.7. The molecule has 3 fully saturated rings. The SMILES string of the molecule is CO[C@H]1CC[C@H]2[C@@H]3[C@H](CCCS(=O)CCCC(F)(F)C(F)(F)F)Cc4cc(OC(=O)Nc5ccc(N6CCOCC6)cc5)ccc4[C@H]3CC[C@]12C. The normalized spacial score (nSPS) is 28.4. The van der Waals surface area contributed by atoms with Crippen molar-refractivity contribution in [1.82, 2.24) is 0 Å². The van der Waals surface area contributed by atoms with Gasteiger partial charge in [0.25, 0.3) is 0 Å². The molecule has 6 rings (SSSR count). The summed E-state index contributed by atoms with van der Waals surface area (Å²) in [6.45, 7) is 5.36. The summed E-state index contributed by atoms with van der Waals surface area (Å²) in [5.41, 5.74) is 4.15. The van der Waals surface area contributed by atoms with E-state index in [2.05, 4.69) is 23.2 Å². The van der Waals surface area contributed by atoms with E-state index >= 15 is 0 Å². The van der Waals surface area contributed by atoms with Crippen molar-refractivity contribution in [2.75, 3.05) is 55.1 Å². The van der Waals surface area contributed by atoms with Gasteiger partial charge in [-0.15, -0.1) is 0 Å². The molecule has 1 saturated heterocycles. The number of methoxy groups -OCH3 is 1. The first-order valence-electron chi connectivity index (χ1n) is 18.2. The number of rotatable bonds is 12. The number of carbonyl (C=O) groups excluding carboxylic acids is 1. The smallest absolute Gasteiger partial charge is 0.410 e. The fraction of sp³-hybridized carbons (Fsp3) is 0.658. The lowest BCUT2D eigenvalue weighted by atomic mass is 9.52. The van der Waals surface area contributed by atoms with Gasteiger partial charge in [0.05, 0.1) is 19.3 Å². The van der Waals surface area contributed by atoms with Gasteiger partial charge >= 0.3 is 18.2 Å². The first-order chi connectivity index (χ1) is 24.3. The largest absolute Gasteiger partial charge is 0.453 e. The average molecular weight is 741 g/mol. The number of alkyl halides is 5. The molecule has 2 aromatic rings. The molecule has 2 aromatic carbocycles. The van der Waals surface area contributed by atoms with Crippen LogP contribution in [0.2, 0.25) is 0 Å². The van der Waals surface area contributed by atoms with Gasteiger partial charge in [-0.1, -0.05) is 13.0 Å². The molecule has 1 heterocycles. The maximum absolute atomic E-state index is 13.3. The summed E-state index contributed by atoms with van der Waals surface area (Å²) < 4.78 is 94.2. The predicted octanol–water partition coefficient (Wildman–Crippen LogP) is 8.74. The molecule has 0 radical (unpaired) electrons. The Morgan fingerprint density at radius 3 is 2.45 bits per heavy atom. The van der Waals surface area contributed by atoms with Crippen LogP contribution in [-0.2, 0) is 26.7 Å². The number of hydrogen-bond donors (Lipinski definition) is 1. The highest BCUT2D eigenvalue weighted by atomic mass is 32.2. The van der Waals surface area contributed by atoms with E-state index in [0.29, 0.717) is 48.8 Å². The summed E-state index contributed by atoms with van der Waals surface area (Å²) in [5.74, 6) is -2.84. The van der Waals surface area contributed by atoms with Crippen molar-refractivity contribution < 1.29 is 45.2 Å². The maximum Gasteiger partial charge on any atom is 0.453 e. The molecule has 51 heavy (non-hydrogen) atoms. The number of fused-ring (bicyclic) bond motifs is 5. The van der Waals surface area contributed by atoms with Crippen LogP contribution < -0.4 is 15.0 Å². The quantitative estimate of drug-likeness (QED) is 0.220. The number of nitrogens with zero attached hydrogens (tertiary/aromatic N) is 1. The summed E-state index contributed by atoms with van der Waals surface area (Å²) in [4.78, 5) is 15.2. The molecule has 7 nitrogen and oxygen atoms in total. The summed E-state index contributed by atoms with van der Waals surface area (Å²) >= 11 is 0. The average Bonchev–Trinajstić information content (AvgIpc) is 3.44. The first kappa shape index (κ1) is 38.0. The van der Waals surface area contributed by atoms with E-state index in [1.54, 1.807) is 7.11 Å². The molecule has 1 aliphatic heterocycles. The summed E-state index contributed by atoms with van der Waals surface area (Å²) in [6, 6.07) is 13.5. The van der Waals surface area contributed by atoms with E-state index in [1.165, 1.54) is 5.56 Å². The molecule has 1 unspecified atom stereocenters. The van der Waals surface area contributed by atoms with Crippen LogP contribution in [0.1, 0.15) is 75.3 Å². The van der Waals surface area contributed by atoms with Gasteiger partial charge in [0.2, 0.25) is 0 Å². The number of anilines is 2. The lowest BCUT2D eigenvalue weighted by Crippen LogP contribution is -2.47. The van der Waals surface area contributed by atoms with Crippen molar-refractivity contribution in [2.45, 2.75) is 88.8 Å². The molecule has 2 saturated carbocycles. The standard InChI is InChI=1S/C38H49F5N2O5S/c1-36-16-14-31-30-11-10-29(50-35(46)44-27-6-8-28(9-7-27)45-17-19-49-20-18-45)24-26(30)23-25(34(31)32(36)12-13-33(36)48-2)5-3-21-51(47)22-4-15-37(39,40)38(41,42)43/h6-11,24-25,31-34H,3-5,12-23H2,1-2H3,(H,44,46)/t25-,31-,32+,33+,34-,36+,51?/m1/s1. The number of ether oxygens (including phenoxy) is 3. The summed E-state index contributed by atoms with van der Waals surface area (Å²) in [6.07, 6.45) is -1.56. The van der Waals surface area contributed by atoms with Gasteiger partial charge in [0.15, 0.2) is 0 Å². The van der Waals surface area contributed by atoms with E-state index in [-0.39, 0.29) is 28.9 Å². The van der Waals surface area contributed by atoms with E-state index < -0.39 is 41.8 Å². The molecular formula is C38H49F5N2O5S. The number of hydrogen-bond acceptors (Lipinski definition) is 6. The van der Waals surface area contributed by atoms with Crippen LogP contribution in [0.5, 0.6) is 5.75 Å². The van der Waals surface area contributed by atoms with Crippen molar-refractivity contribution in [3.05, 3.63) is 53.6 Å². The summed E-state index contributed by atoms with van der Waals surface area (Å²) in [5, 5.41) is 2.82. The Morgan fingerprint density at radius 2 is 1.75 bits per heavy atom. The Balaban J connectivity index is 1.11. The molecule has 1 N–H and O–H groups in total. The highest BCUT2D eigenvalue weighted by molar-refractivity contribution is 7.84. The third-order valence-electron chi connectivity index (χ3n) is 12.0. The number of benzene rings is 2. The maximum atomic E-state index is 13.3. The molecular weight excluding hydrogens is 691 g/mol. The van der Waals surface area contributed by atoms with Crippen molar-refractivity contribution in [1.29, 1.82) is 0 Å². The van der Waals surface area contributed by atoms with Crippen molar-refractivity contribution >= 4 is 28.3 Å². The first-order valence-corrected chi connectivity index (χ1v) is 19.6. The zero-order valence-corrected chi connectivity index (χ0v) is 30.1. The van der Waals surface area contributed by atoms with Crippen LogP contribution in [0.15, 0.2) is 42.5 Å². The Morgan fingerprint density at radius 1 is 1.02 bits per heavy atom.